The molecule has 0 saturated carbocycles. The number of hydrogen-bond donors (Lipinski definition) is 0. The molecule has 0 N–H and O–H groups in total. The number of amides is 1. The van der Waals surface area contributed by atoms with Crippen LogP contribution in [0.15, 0.2) is 94.1 Å². The molecule has 5 aromatic rings. The van der Waals surface area contributed by atoms with Crippen molar-refractivity contribution in [2.45, 2.75) is 29.5 Å². The van der Waals surface area contributed by atoms with Gasteiger partial charge in [0.15, 0.2) is 11.4 Å². The minimum Gasteiger partial charge on any atom is -0.482 e. The van der Waals surface area contributed by atoms with E-state index in [0.29, 0.717) is 18.9 Å². The predicted molar refractivity (Wildman–Crippen MR) is 165 cm³/mol. The van der Waals surface area contributed by atoms with Crippen molar-refractivity contribution in [2.75, 3.05) is 24.8 Å². The van der Waals surface area contributed by atoms with Gasteiger partial charge in [0, 0.05) is 34.2 Å². The van der Waals surface area contributed by atoms with Gasteiger partial charge in [-0.25, -0.2) is 4.39 Å². The van der Waals surface area contributed by atoms with Gasteiger partial charge in [0.25, 0.3) is 5.91 Å². The lowest BCUT2D eigenvalue weighted by Gasteiger charge is -2.51. The highest BCUT2D eigenvalue weighted by Gasteiger charge is 2.46. The Morgan fingerprint density at radius 3 is 2.77 bits per heavy atom. The molecule has 0 aliphatic carbocycles. The van der Waals surface area contributed by atoms with Crippen LogP contribution in [0.4, 0.5) is 4.39 Å². The summed E-state index contributed by atoms with van der Waals surface area (Å²) in [5.74, 6) is 0.0617. The lowest BCUT2D eigenvalue weighted by molar-refractivity contribution is -0.0199. The molecule has 43 heavy (non-hydrogen) atoms. The zero-order chi connectivity index (χ0) is 29.1. The van der Waals surface area contributed by atoms with E-state index in [2.05, 4.69) is 28.6 Å². The number of thiophene rings is 1. The number of thioether (sulfide) groups is 1. The number of rotatable bonds is 4. The average Bonchev–Trinajstić information content (AvgIpc) is 3.46. The quantitative estimate of drug-likeness (QED) is 0.251. The fourth-order valence-electron chi connectivity index (χ4n) is 6.33. The number of carbonyl (C=O) groups is 1. The fourth-order valence-corrected chi connectivity index (χ4v) is 8.66. The third-order valence-electron chi connectivity index (χ3n) is 8.32. The molecule has 3 aliphatic heterocycles. The molecule has 10 heteroatoms. The zero-order valence-corrected chi connectivity index (χ0v) is 24.6. The predicted octanol–water partition coefficient (Wildman–Crippen LogP) is 5.93. The van der Waals surface area contributed by atoms with E-state index in [4.69, 9.17) is 9.47 Å². The van der Waals surface area contributed by atoms with Crippen molar-refractivity contribution >= 4 is 39.1 Å². The normalized spacial score (nSPS) is 19.3. The summed E-state index contributed by atoms with van der Waals surface area (Å²) in [6, 6.07) is 21.8. The molecule has 1 fully saturated rings. The van der Waals surface area contributed by atoms with E-state index >= 15 is 4.39 Å². The van der Waals surface area contributed by atoms with Crippen molar-refractivity contribution in [1.29, 1.82) is 0 Å². The molecule has 0 radical (unpaired) electrons. The van der Waals surface area contributed by atoms with Gasteiger partial charge in [-0.05, 0) is 51.2 Å². The zero-order valence-electron chi connectivity index (χ0n) is 22.9. The van der Waals surface area contributed by atoms with Gasteiger partial charge in [-0.1, -0.05) is 48.5 Å². The topological polar surface area (TPSA) is 64.0 Å². The van der Waals surface area contributed by atoms with Gasteiger partial charge in [0.05, 0.1) is 19.3 Å². The standard InChI is InChI=1S/C33H26FN3O4S2/c34-23-8-6-22-19-43-32-24(9-7-21-11-15-42-31(21)32)28(25(22)16-23)37-27-18-40-14-13-35(27)33(39)29-30(26(38)10-12-36(29)37)41-17-20-4-2-1-3-5-20/h1-12,15-16,27-28H,13-14,17-19H2/t27-,28-/m1/s1. The molecular weight excluding hydrogens is 586 g/mol. The molecule has 1 saturated heterocycles. The summed E-state index contributed by atoms with van der Waals surface area (Å²) >= 11 is 3.44. The summed E-state index contributed by atoms with van der Waals surface area (Å²) in [5.41, 5.74) is 3.52. The third-order valence-corrected chi connectivity index (χ3v) is 10.6. The summed E-state index contributed by atoms with van der Waals surface area (Å²) < 4.78 is 30.1. The molecule has 7 nitrogen and oxygen atoms in total. The van der Waals surface area contributed by atoms with Crippen molar-refractivity contribution in [3.05, 3.63) is 128 Å². The molecule has 3 aliphatic rings. The Kier molecular flexibility index (Phi) is 6.50. The molecule has 2 atom stereocenters. The molecule has 0 spiro atoms. The van der Waals surface area contributed by atoms with Crippen molar-refractivity contribution in [3.63, 3.8) is 0 Å². The largest absolute Gasteiger partial charge is 0.482 e. The smallest absolute Gasteiger partial charge is 0.278 e. The number of fused-ring (bicyclic) bond motifs is 6. The van der Waals surface area contributed by atoms with Crippen LogP contribution in [0.25, 0.3) is 10.1 Å². The first kappa shape index (κ1) is 26.5. The molecule has 216 valence electrons. The van der Waals surface area contributed by atoms with Crippen LogP contribution >= 0.6 is 23.1 Å². The molecular formula is C33H26FN3O4S2. The highest BCUT2D eigenvalue weighted by molar-refractivity contribution is 7.99. The maximum atomic E-state index is 15.0. The van der Waals surface area contributed by atoms with E-state index in [9.17, 15) is 9.59 Å². The van der Waals surface area contributed by atoms with Gasteiger partial charge in [-0.3, -0.25) is 19.3 Å². The number of ether oxygens (including phenoxy) is 2. The van der Waals surface area contributed by atoms with Crippen LogP contribution in [0.3, 0.4) is 0 Å². The van der Waals surface area contributed by atoms with Gasteiger partial charge in [0.2, 0.25) is 5.43 Å². The Balaban J connectivity index is 1.37. The maximum Gasteiger partial charge on any atom is 0.278 e. The highest BCUT2D eigenvalue weighted by Crippen LogP contribution is 2.48. The Hall–Kier alpha value is -4.12. The van der Waals surface area contributed by atoms with Gasteiger partial charge >= 0.3 is 0 Å². The van der Waals surface area contributed by atoms with Gasteiger partial charge in [-0.15, -0.1) is 23.1 Å². The number of carbonyl (C=O) groups excluding carboxylic acids is 1. The van der Waals surface area contributed by atoms with Crippen LogP contribution in [-0.4, -0.2) is 41.4 Å². The van der Waals surface area contributed by atoms with Crippen LogP contribution in [-0.2, 0) is 17.1 Å². The van der Waals surface area contributed by atoms with Crippen molar-refractivity contribution in [1.82, 2.24) is 9.58 Å². The molecule has 1 amide bonds. The van der Waals surface area contributed by atoms with E-state index in [0.717, 1.165) is 32.5 Å². The van der Waals surface area contributed by atoms with Crippen molar-refractivity contribution in [2.24, 2.45) is 0 Å². The third kappa shape index (κ3) is 4.35. The van der Waals surface area contributed by atoms with Crippen LogP contribution in [0.5, 0.6) is 5.75 Å². The van der Waals surface area contributed by atoms with Gasteiger partial charge < -0.3 is 14.4 Å². The maximum absolute atomic E-state index is 15.0. The summed E-state index contributed by atoms with van der Waals surface area (Å²) in [6.07, 6.45) is 1.14. The Morgan fingerprint density at radius 2 is 1.88 bits per heavy atom. The van der Waals surface area contributed by atoms with E-state index in [1.807, 2.05) is 36.4 Å². The van der Waals surface area contributed by atoms with Crippen LogP contribution in [0.2, 0.25) is 0 Å². The number of nitrogens with zero attached hydrogens (tertiary/aromatic N) is 3. The number of halogens is 1. The Bertz CT molecular complexity index is 1940. The highest BCUT2D eigenvalue weighted by atomic mass is 32.2. The van der Waals surface area contributed by atoms with E-state index < -0.39 is 12.2 Å². The molecule has 3 aromatic carbocycles. The molecule has 8 rings (SSSR count). The first-order chi connectivity index (χ1) is 21.1. The molecule has 0 unspecified atom stereocenters. The lowest BCUT2D eigenvalue weighted by atomic mass is 9.93. The number of morpholine rings is 1. The molecule has 5 heterocycles. The first-order valence-electron chi connectivity index (χ1n) is 14.1. The second-order valence-electron chi connectivity index (χ2n) is 10.8. The second-order valence-corrected chi connectivity index (χ2v) is 12.7. The minimum atomic E-state index is -0.491. The Labute approximate surface area is 255 Å². The summed E-state index contributed by atoms with van der Waals surface area (Å²) in [5, 5.41) is 5.32. The molecule has 2 aromatic heterocycles. The lowest BCUT2D eigenvalue weighted by Crippen LogP contribution is -2.66. The number of pyridine rings is 1. The summed E-state index contributed by atoms with van der Waals surface area (Å²) in [7, 11) is 0. The van der Waals surface area contributed by atoms with Gasteiger partial charge in [0.1, 0.15) is 18.6 Å². The Morgan fingerprint density at radius 1 is 1.00 bits per heavy atom. The molecule has 0 bridgehead atoms. The van der Waals surface area contributed by atoms with Crippen LogP contribution in [0.1, 0.15) is 38.8 Å². The summed E-state index contributed by atoms with van der Waals surface area (Å²) in [4.78, 5) is 30.4. The van der Waals surface area contributed by atoms with Crippen LogP contribution in [0, 0.1) is 5.82 Å². The minimum absolute atomic E-state index is 0.00249. The number of hydrogen-bond acceptors (Lipinski definition) is 7. The first-order valence-corrected chi connectivity index (χ1v) is 16.0. The average molecular weight is 612 g/mol. The van der Waals surface area contributed by atoms with Crippen molar-refractivity contribution < 1.29 is 18.7 Å². The summed E-state index contributed by atoms with van der Waals surface area (Å²) in [6.45, 7) is 1.14. The van der Waals surface area contributed by atoms with Gasteiger partial charge in [-0.2, -0.15) is 0 Å². The number of benzene rings is 3. The number of aromatic nitrogens is 1. The SMILES string of the molecule is O=C1c2c(OCc3ccccc3)c(=O)ccn2N([C@H]2c3cc(F)ccc3CSc3c2ccc2ccsc32)[C@@H]2COCCN12. The fraction of sp³-hybridized carbons (Fsp3) is 0.212. The van der Waals surface area contributed by atoms with E-state index in [-0.39, 0.29) is 41.8 Å². The van der Waals surface area contributed by atoms with E-state index in [1.54, 1.807) is 44.9 Å². The monoisotopic (exact) mass is 611 g/mol. The van der Waals surface area contributed by atoms with Crippen molar-refractivity contribution in [3.8, 4) is 5.75 Å². The van der Waals surface area contributed by atoms with E-state index in [1.165, 1.54) is 16.8 Å². The second kappa shape index (κ2) is 10.6. The van der Waals surface area contributed by atoms with Crippen LogP contribution < -0.4 is 15.2 Å².